The molecular formula is C12H21N3O2S. The molecule has 0 aliphatic rings. The number of hydrogen-bond donors (Lipinski definition) is 3. The molecule has 0 radical (unpaired) electrons. The molecule has 1 unspecified atom stereocenters. The monoisotopic (exact) mass is 271 g/mol. The SMILES string of the molecule is CCCNS(=O)(=O)NC(C)(CN)c1ccccc1. The number of nitrogens with two attached hydrogens (primary N) is 1. The summed E-state index contributed by atoms with van der Waals surface area (Å²) in [6, 6.07) is 9.31. The fourth-order valence-corrected chi connectivity index (χ4v) is 2.93. The van der Waals surface area contributed by atoms with E-state index in [4.69, 9.17) is 5.73 Å². The fraction of sp³-hybridized carbons (Fsp3) is 0.500. The van der Waals surface area contributed by atoms with Gasteiger partial charge in [-0.1, -0.05) is 37.3 Å². The Morgan fingerprint density at radius 1 is 1.28 bits per heavy atom. The first-order valence-corrected chi connectivity index (χ1v) is 7.46. The molecule has 6 heteroatoms. The second-order valence-corrected chi connectivity index (χ2v) is 5.90. The lowest BCUT2D eigenvalue weighted by molar-refractivity contribution is 0.436. The van der Waals surface area contributed by atoms with E-state index in [0.29, 0.717) is 6.54 Å². The number of benzene rings is 1. The lowest BCUT2D eigenvalue weighted by Crippen LogP contribution is -2.52. The molecule has 0 aliphatic carbocycles. The van der Waals surface area contributed by atoms with Crippen molar-refractivity contribution in [1.82, 2.24) is 9.44 Å². The third kappa shape index (κ3) is 4.06. The highest BCUT2D eigenvalue weighted by Gasteiger charge is 2.29. The molecule has 0 amide bonds. The van der Waals surface area contributed by atoms with Gasteiger partial charge in [-0.3, -0.25) is 0 Å². The predicted octanol–water partition coefficient (Wildman–Crippen LogP) is 0.695. The van der Waals surface area contributed by atoms with Crippen LogP contribution in [-0.2, 0) is 15.7 Å². The van der Waals surface area contributed by atoms with Gasteiger partial charge in [0.25, 0.3) is 10.2 Å². The van der Waals surface area contributed by atoms with E-state index in [1.165, 1.54) is 0 Å². The van der Waals surface area contributed by atoms with Crippen LogP contribution < -0.4 is 15.2 Å². The van der Waals surface area contributed by atoms with Crippen molar-refractivity contribution in [3.63, 3.8) is 0 Å². The zero-order valence-corrected chi connectivity index (χ0v) is 11.6. The van der Waals surface area contributed by atoms with E-state index in [-0.39, 0.29) is 6.54 Å². The molecule has 1 aromatic carbocycles. The maximum atomic E-state index is 11.9. The van der Waals surface area contributed by atoms with Crippen molar-refractivity contribution in [1.29, 1.82) is 0 Å². The van der Waals surface area contributed by atoms with E-state index in [1.54, 1.807) is 6.92 Å². The topological polar surface area (TPSA) is 84.2 Å². The van der Waals surface area contributed by atoms with Crippen LogP contribution in [0.3, 0.4) is 0 Å². The zero-order valence-electron chi connectivity index (χ0n) is 10.8. The fourth-order valence-electron chi connectivity index (χ4n) is 1.59. The summed E-state index contributed by atoms with van der Waals surface area (Å²) in [6.07, 6.45) is 0.742. The highest BCUT2D eigenvalue weighted by Crippen LogP contribution is 2.19. The van der Waals surface area contributed by atoms with Gasteiger partial charge in [-0.15, -0.1) is 0 Å². The molecule has 18 heavy (non-hydrogen) atoms. The molecule has 1 rings (SSSR count). The Morgan fingerprint density at radius 2 is 1.89 bits per heavy atom. The van der Waals surface area contributed by atoms with E-state index in [2.05, 4.69) is 9.44 Å². The summed E-state index contributed by atoms with van der Waals surface area (Å²) < 4.78 is 28.8. The molecular weight excluding hydrogens is 250 g/mol. The summed E-state index contributed by atoms with van der Waals surface area (Å²) in [7, 11) is -3.54. The standard InChI is InChI=1S/C12H21N3O2S/c1-3-9-14-18(16,17)15-12(2,10-13)11-7-5-4-6-8-11/h4-8,14-15H,3,9-10,13H2,1-2H3. The summed E-state index contributed by atoms with van der Waals surface area (Å²) in [6.45, 7) is 4.27. The van der Waals surface area contributed by atoms with Crippen LogP contribution in [-0.4, -0.2) is 21.5 Å². The Kier molecular flexibility index (Phi) is 5.28. The number of nitrogens with one attached hydrogen (secondary N) is 2. The van der Waals surface area contributed by atoms with Gasteiger partial charge in [0.1, 0.15) is 0 Å². The van der Waals surface area contributed by atoms with Gasteiger partial charge < -0.3 is 5.73 Å². The second kappa shape index (κ2) is 6.29. The third-order valence-electron chi connectivity index (χ3n) is 2.72. The van der Waals surface area contributed by atoms with Crippen molar-refractivity contribution >= 4 is 10.2 Å². The Balaban J connectivity index is 2.90. The molecule has 0 bridgehead atoms. The smallest absolute Gasteiger partial charge is 0.277 e. The molecule has 0 spiro atoms. The first kappa shape index (κ1) is 15.1. The maximum absolute atomic E-state index is 11.9. The molecule has 102 valence electrons. The van der Waals surface area contributed by atoms with Gasteiger partial charge in [0.2, 0.25) is 0 Å². The molecule has 1 atom stereocenters. The third-order valence-corrected chi connectivity index (χ3v) is 4.02. The van der Waals surface area contributed by atoms with Crippen LogP contribution in [0, 0.1) is 0 Å². The van der Waals surface area contributed by atoms with Crippen molar-refractivity contribution < 1.29 is 8.42 Å². The van der Waals surface area contributed by atoms with E-state index < -0.39 is 15.7 Å². The summed E-state index contributed by atoms with van der Waals surface area (Å²) in [5.41, 5.74) is 5.76. The molecule has 4 N–H and O–H groups in total. The van der Waals surface area contributed by atoms with E-state index in [9.17, 15) is 8.42 Å². The van der Waals surface area contributed by atoms with Crippen molar-refractivity contribution in [2.24, 2.45) is 5.73 Å². The summed E-state index contributed by atoms with van der Waals surface area (Å²) in [5, 5.41) is 0. The van der Waals surface area contributed by atoms with Crippen LogP contribution in [0.4, 0.5) is 0 Å². The molecule has 0 saturated carbocycles. The van der Waals surface area contributed by atoms with Crippen LogP contribution in [0.5, 0.6) is 0 Å². The predicted molar refractivity (Wildman–Crippen MR) is 73.2 cm³/mol. The van der Waals surface area contributed by atoms with Gasteiger partial charge >= 0.3 is 0 Å². The lowest BCUT2D eigenvalue weighted by atomic mass is 9.94. The van der Waals surface area contributed by atoms with Gasteiger partial charge in [0, 0.05) is 13.1 Å². The van der Waals surface area contributed by atoms with Crippen LogP contribution in [0.1, 0.15) is 25.8 Å². The van der Waals surface area contributed by atoms with Gasteiger partial charge in [-0.05, 0) is 18.9 Å². The second-order valence-electron chi connectivity index (χ2n) is 4.40. The molecule has 0 saturated heterocycles. The number of hydrogen-bond acceptors (Lipinski definition) is 3. The minimum absolute atomic E-state index is 0.185. The van der Waals surface area contributed by atoms with Crippen molar-refractivity contribution in [2.45, 2.75) is 25.8 Å². The number of rotatable bonds is 7. The molecule has 0 heterocycles. The quantitative estimate of drug-likeness (QED) is 0.682. The van der Waals surface area contributed by atoms with Gasteiger partial charge in [-0.2, -0.15) is 13.1 Å². The molecule has 1 aromatic rings. The summed E-state index contributed by atoms with van der Waals surface area (Å²) in [5.74, 6) is 0. The van der Waals surface area contributed by atoms with Gasteiger partial charge in [-0.25, -0.2) is 4.72 Å². The highest BCUT2D eigenvalue weighted by molar-refractivity contribution is 7.87. The average Bonchev–Trinajstić information content (AvgIpc) is 2.37. The van der Waals surface area contributed by atoms with Crippen LogP contribution >= 0.6 is 0 Å². The minimum Gasteiger partial charge on any atom is -0.328 e. The minimum atomic E-state index is -3.54. The molecule has 0 fully saturated rings. The van der Waals surface area contributed by atoms with Crippen LogP contribution in [0.25, 0.3) is 0 Å². The first-order chi connectivity index (χ1) is 8.43. The Labute approximate surface area is 109 Å². The molecule has 0 aromatic heterocycles. The van der Waals surface area contributed by atoms with Gasteiger partial charge in [0.05, 0.1) is 5.54 Å². The average molecular weight is 271 g/mol. The lowest BCUT2D eigenvalue weighted by Gasteiger charge is -2.29. The van der Waals surface area contributed by atoms with Crippen molar-refractivity contribution in [3.05, 3.63) is 35.9 Å². The molecule has 0 aliphatic heterocycles. The van der Waals surface area contributed by atoms with E-state index in [0.717, 1.165) is 12.0 Å². The Morgan fingerprint density at radius 3 is 2.39 bits per heavy atom. The Bertz CT molecular complexity index is 461. The van der Waals surface area contributed by atoms with Crippen molar-refractivity contribution in [3.8, 4) is 0 Å². The zero-order chi connectivity index (χ0) is 13.6. The summed E-state index contributed by atoms with van der Waals surface area (Å²) in [4.78, 5) is 0. The Hall–Kier alpha value is -0.950. The first-order valence-electron chi connectivity index (χ1n) is 5.97. The molecule has 5 nitrogen and oxygen atoms in total. The largest absolute Gasteiger partial charge is 0.328 e. The normalized spacial score (nSPS) is 15.3. The maximum Gasteiger partial charge on any atom is 0.277 e. The van der Waals surface area contributed by atoms with Crippen molar-refractivity contribution in [2.75, 3.05) is 13.1 Å². The van der Waals surface area contributed by atoms with Crippen LogP contribution in [0.15, 0.2) is 30.3 Å². The highest BCUT2D eigenvalue weighted by atomic mass is 32.2. The van der Waals surface area contributed by atoms with Crippen LogP contribution in [0.2, 0.25) is 0 Å². The van der Waals surface area contributed by atoms with E-state index >= 15 is 0 Å². The van der Waals surface area contributed by atoms with E-state index in [1.807, 2.05) is 37.3 Å². The summed E-state index contributed by atoms with van der Waals surface area (Å²) >= 11 is 0. The van der Waals surface area contributed by atoms with Gasteiger partial charge in [0.15, 0.2) is 0 Å².